The summed E-state index contributed by atoms with van der Waals surface area (Å²) in [5.74, 6) is 1.25. The van der Waals surface area contributed by atoms with Crippen molar-refractivity contribution in [1.82, 2.24) is 9.88 Å². The Kier molecular flexibility index (Phi) is 10.2. The van der Waals surface area contributed by atoms with Crippen molar-refractivity contribution in [3.05, 3.63) is 89.2 Å². The highest BCUT2D eigenvalue weighted by Crippen LogP contribution is 2.40. The molecule has 1 aromatic heterocycles. The van der Waals surface area contributed by atoms with E-state index in [1.807, 2.05) is 41.4 Å². The number of rotatable bonds is 11. The molecule has 1 saturated carbocycles. The van der Waals surface area contributed by atoms with Gasteiger partial charge in [0, 0.05) is 36.1 Å². The number of pyridine rings is 1. The fourth-order valence-electron chi connectivity index (χ4n) is 5.96. The van der Waals surface area contributed by atoms with Crippen LogP contribution in [0.1, 0.15) is 94.0 Å². The molecule has 0 spiro atoms. The van der Waals surface area contributed by atoms with Crippen LogP contribution in [0, 0.1) is 0 Å². The van der Waals surface area contributed by atoms with Gasteiger partial charge >= 0.3 is 6.03 Å². The fourth-order valence-corrected chi connectivity index (χ4v) is 5.96. The summed E-state index contributed by atoms with van der Waals surface area (Å²) < 4.78 is 5.68. The number of carbonyl (C=O) groups excluding carboxylic acids is 1. The summed E-state index contributed by atoms with van der Waals surface area (Å²) in [5, 5.41) is 12.6. The zero-order valence-electron chi connectivity index (χ0n) is 24.5. The van der Waals surface area contributed by atoms with Gasteiger partial charge in [-0.2, -0.15) is 0 Å². The minimum Gasteiger partial charge on any atom is -0.491 e. The Morgan fingerprint density at radius 3 is 2.30 bits per heavy atom. The van der Waals surface area contributed by atoms with Gasteiger partial charge < -0.3 is 20.1 Å². The maximum Gasteiger partial charge on any atom is 0.322 e. The van der Waals surface area contributed by atoms with Crippen LogP contribution in [0.15, 0.2) is 66.9 Å². The second-order valence-electron chi connectivity index (χ2n) is 11.7. The third-order valence-corrected chi connectivity index (χ3v) is 8.04. The normalized spacial score (nSPS) is 14.8. The van der Waals surface area contributed by atoms with Gasteiger partial charge in [0.05, 0.1) is 6.61 Å². The van der Waals surface area contributed by atoms with Gasteiger partial charge in [-0.1, -0.05) is 83.4 Å². The van der Waals surface area contributed by atoms with Crippen LogP contribution < -0.4 is 10.1 Å². The first-order valence-corrected chi connectivity index (χ1v) is 14.8. The van der Waals surface area contributed by atoms with Crippen LogP contribution in [0.4, 0.5) is 10.5 Å². The lowest BCUT2D eigenvalue weighted by Crippen LogP contribution is -2.46. The van der Waals surface area contributed by atoms with E-state index in [2.05, 4.69) is 63.3 Å². The van der Waals surface area contributed by atoms with Crippen LogP contribution in [-0.2, 0) is 12.0 Å². The molecule has 0 saturated heterocycles. The smallest absolute Gasteiger partial charge is 0.322 e. The highest BCUT2D eigenvalue weighted by atomic mass is 16.5. The number of aliphatic hydroxyl groups is 1. The van der Waals surface area contributed by atoms with E-state index in [4.69, 9.17) is 9.72 Å². The number of nitrogens with zero attached hydrogens (tertiary/aromatic N) is 2. The minimum absolute atomic E-state index is 0.0429. The molecule has 214 valence electrons. The second kappa shape index (κ2) is 13.8. The number of aliphatic hydroxyl groups excluding tert-OH is 1. The van der Waals surface area contributed by atoms with Crippen LogP contribution in [0.3, 0.4) is 0 Å². The summed E-state index contributed by atoms with van der Waals surface area (Å²) in [6.07, 6.45) is 7.35. The molecule has 2 aromatic carbocycles. The number of anilines is 1. The van der Waals surface area contributed by atoms with E-state index < -0.39 is 0 Å². The van der Waals surface area contributed by atoms with E-state index in [-0.39, 0.29) is 36.5 Å². The Morgan fingerprint density at radius 2 is 1.68 bits per heavy atom. The summed E-state index contributed by atoms with van der Waals surface area (Å²) in [7, 11) is 0. The van der Waals surface area contributed by atoms with Crippen molar-refractivity contribution in [2.24, 2.45) is 0 Å². The Balaban J connectivity index is 1.71. The maximum atomic E-state index is 14.3. The molecule has 3 aromatic rings. The molecule has 2 N–H and O–H groups in total. The summed E-state index contributed by atoms with van der Waals surface area (Å²) in [5.41, 5.74) is 5.09. The van der Waals surface area contributed by atoms with E-state index in [0.717, 1.165) is 53.8 Å². The lowest BCUT2D eigenvalue weighted by molar-refractivity contribution is 0.166. The van der Waals surface area contributed by atoms with E-state index in [9.17, 15) is 9.90 Å². The molecule has 0 aliphatic heterocycles. The summed E-state index contributed by atoms with van der Waals surface area (Å²) >= 11 is 0. The lowest BCUT2D eigenvalue weighted by atomic mass is 9.71. The SMILES string of the molecule is CC(C)c1cccc(C(C)C)c1NC(=O)N(Cc1cccc(OCCO)c1)CC1(c2ccccn2)CCCCC1. The van der Waals surface area contributed by atoms with Gasteiger partial charge in [0.25, 0.3) is 0 Å². The van der Waals surface area contributed by atoms with Gasteiger partial charge in [-0.3, -0.25) is 4.98 Å². The molecule has 4 rings (SSSR count). The molecule has 1 heterocycles. The Labute approximate surface area is 239 Å². The van der Waals surface area contributed by atoms with Crippen molar-refractivity contribution in [2.75, 3.05) is 25.1 Å². The Morgan fingerprint density at radius 1 is 0.975 bits per heavy atom. The molecule has 0 atom stereocenters. The Bertz CT molecular complexity index is 1210. The van der Waals surface area contributed by atoms with Crippen LogP contribution in [-0.4, -0.2) is 40.8 Å². The Hall–Kier alpha value is -3.38. The van der Waals surface area contributed by atoms with E-state index in [0.29, 0.717) is 18.8 Å². The average Bonchev–Trinajstić information content (AvgIpc) is 2.96. The number of nitrogens with one attached hydrogen (secondary N) is 1. The highest BCUT2D eigenvalue weighted by molar-refractivity contribution is 5.91. The molecular formula is C34H45N3O3. The van der Waals surface area contributed by atoms with Crippen molar-refractivity contribution < 1.29 is 14.6 Å². The molecule has 0 radical (unpaired) electrons. The van der Waals surface area contributed by atoms with Crippen LogP contribution >= 0.6 is 0 Å². The lowest BCUT2D eigenvalue weighted by Gasteiger charge is -2.41. The van der Waals surface area contributed by atoms with E-state index in [1.165, 1.54) is 6.42 Å². The zero-order valence-corrected chi connectivity index (χ0v) is 24.5. The molecule has 0 unspecified atom stereocenters. The quantitative estimate of drug-likeness (QED) is 0.261. The highest BCUT2D eigenvalue weighted by Gasteiger charge is 2.38. The van der Waals surface area contributed by atoms with Gasteiger partial charge in [-0.25, -0.2) is 4.79 Å². The molecule has 40 heavy (non-hydrogen) atoms. The number of amides is 2. The molecule has 6 heteroatoms. The third-order valence-electron chi connectivity index (χ3n) is 8.04. The summed E-state index contributed by atoms with van der Waals surface area (Å²) in [4.78, 5) is 21.1. The standard InChI is InChI=1S/C34H45N3O3/c1-25(2)29-14-11-15-30(26(3)4)32(29)36-33(39)37(23-27-12-10-13-28(22-27)40-21-20-38)24-34(17-7-5-8-18-34)31-16-6-9-19-35-31/h6,9-16,19,22,25-26,38H,5,7-8,17-18,20-21,23-24H2,1-4H3,(H,36,39). The van der Waals surface area contributed by atoms with Gasteiger partial charge in [-0.15, -0.1) is 0 Å². The summed E-state index contributed by atoms with van der Waals surface area (Å²) in [6.45, 7) is 9.90. The maximum absolute atomic E-state index is 14.3. The topological polar surface area (TPSA) is 74.7 Å². The molecule has 6 nitrogen and oxygen atoms in total. The van der Waals surface area contributed by atoms with Crippen LogP contribution in [0.25, 0.3) is 0 Å². The molecule has 2 amide bonds. The number of para-hydroxylation sites is 1. The largest absolute Gasteiger partial charge is 0.491 e. The fraction of sp³-hybridized carbons (Fsp3) is 0.471. The minimum atomic E-state index is -0.194. The number of hydrogen-bond donors (Lipinski definition) is 2. The van der Waals surface area contributed by atoms with Crippen molar-refractivity contribution in [3.8, 4) is 5.75 Å². The number of carbonyl (C=O) groups is 1. The van der Waals surface area contributed by atoms with Gasteiger partial charge in [0.1, 0.15) is 12.4 Å². The number of urea groups is 1. The van der Waals surface area contributed by atoms with Crippen molar-refractivity contribution in [3.63, 3.8) is 0 Å². The predicted molar refractivity (Wildman–Crippen MR) is 162 cm³/mol. The molecule has 1 aliphatic carbocycles. The van der Waals surface area contributed by atoms with Crippen LogP contribution in [0.2, 0.25) is 0 Å². The number of hydrogen-bond acceptors (Lipinski definition) is 4. The van der Waals surface area contributed by atoms with Gasteiger partial charge in [0.2, 0.25) is 0 Å². The monoisotopic (exact) mass is 543 g/mol. The third kappa shape index (κ3) is 7.22. The van der Waals surface area contributed by atoms with Crippen molar-refractivity contribution in [2.45, 2.75) is 83.6 Å². The number of ether oxygens (including phenoxy) is 1. The first-order valence-electron chi connectivity index (χ1n) is 14.8. The number of aromatic nitrogens is 1. The zero-order chi connectivity index (χ0) is 28.5. The predicted octanol–water partition coefficient (Wildman–Crippen LogP) is 7.64. The molecular weight excluding hydrogens is 498 g/mol. The van der Waals surface area contributed by atoms with Gasteiger partial charge in [0.15, 0.2) is 0 Å². The van der Waals surface area contributed by atoms with Gasteiger partial charge in [-0.05, 0) is 65.6 Å². The average molecular weight is 544 g/mol. The summed E-state index contributed by atoms with van der Waals surface area (Å²) in [6, 6.07) is 20.2. The van der Waals surface area contributed by atoms with Crippen molar-refractivity contribution >= 4 is 11.7 Å². The second-order valence-corrected chi connectivity index (χ2v) is 11.7. The molecule has 0 bridgehead atoms. The first-order chi connectivity index (χ1) is 19.3. The molecule has 1 fully saturated rings. The van der Waals surface area contributed by atoms with E-state index in [1.54, 1.807) is 0 Å². The van der Waals surface area contributed by atoms with Crippen molar-refractivity contribution in [1.29, 1.82) is 0 Å². The van der Waals surface area contributed by atoms with Crippen LogP contribution in [0.5, 0.6) is 5.75 Å². The molecule has 1 aliphatic rings. The van der Waals surface area contributed by atoms with E-state index >= 15 is 0 Å². The number of benzene rings is 2. The first kappa shape index (κ1) is 29.6.